The molecule has 0 radical (unpaired) electrons. The summed E-state index contributed by atoms with van der Waals surface area (Å²) in [6.07, 6.45) is 3.39. The van der Waals surface area contributed by atoms with Crippen LogP contribution in [0.4, 0.5) is 5.69 Å². The minimum Gasteiger partial charge on any atom is -0.452 e. The molecule has 7 nitrogen and oxygen atoms in total. The number of para-hydroxylation sites is 1. The van der Waals surface area contributed by atoms with Gasteiger partial charge in [-0.1, -0.05) is 36.4 Å². The van der Waals surface area contributed by atoms with Crippen molar-refractivity contribution in [1.82, 2.24) is 5.32 Å². The number of amides is 1. The fourth-order valence-corrected chi connectivity index (χ4v) is 5.58. The number of sulfonamides is 1. The van der Waals surface area contributed by atoms with Gasteiger partial charge < -0.3 is 10.1 Å². The first-order valence-electron chi connectivity index (χ1n) is 10.3. The molecule has 0 aliphatic carbocycles. The Morgan fingerprint density at radius 3 is 2.61 bits per heavy atom. The lowest BCUT2D eigenvalue weighted by molar-refractivity contribution is -0.143. The second-order valence-corrected chi connectivity index (χ2v) is 10.2. The van der Waals surface area contributed by atoms with Gasteiger partial charge in [0, 0.05) is 17.5 Å². The van der Waals surface area contributed by atoms with Crippen LogP contribution in [0.1, 0.15) is 16.0 Å². The van der Waals surface area contributed by atoms with Crippen LogP contribution in [0.5, 0.6) is 0 Å². The highest BCUT2D eigenvalue weighted by atomic mass is 32.2. The molecule has 4 rings (SSSR count). The molecule has 9 heteroatoms. The van der Waals surface area contributed by atoms with Gasteiger partial charge in [-0.15, -0.1) is 11.3 Å². The van der Waals surface area contributed by atoms with Crippen molar-refractivity contribution in [2.24, 2.45) is 0 Å². The summed E-state index contributed by atoms with van der Waals surface area (Å²) in [4.78, 5) is 24.8. The maximum Gasteiger partial charge on any atom is 0.331 e. The van der Waals surface area contributed by atoms with Gasteiger partial charge >= 0.3 is 5.97 Å². The third-order valence-corrected chi connectivity index (χ3v) is 7.81. The third kappa shape index (κ3) is 5.50. The first-order valence-corrected chi connectivity index (χ1v) is 12.6. The molecule has 0 unspecified atom stereocenters. The number of carbonyl (C=O) groups excluding carboxylic acids is 2. The molecule has 1 aromatic heterocycles. The normalized spacial score (nSPS) is 13.2. The summed E-state index contributed by atoms with van der Waals surface area (Å²) < 4.78 is 32.5. The van der Waals surface area contributed by atoms with Gasteiger partial charge in [0.25, 0.3) is 15.9 Å². The lowest BCUT2D eigenvalue weighted by atomic mass is 10.2. The molecule has 1 aliphatic heterocycles. The number of thiophene rings is 1. The number of hydrogen-bond donors (Lipinski definition) is 1. The van der Waals surface area contributed by atoms with Gasteiger partial charge in [-0.05, 0) is 53.3 Å². The zero-order valence-electron chi connectivity index (χ0n) is 17.6. The van der Waals surface area contributed by atoms with Gasteiger partial charge in [0.15, 0.2) is 6.61 Å². The van der Waals surface area contributed by atoms with Crippen molar-refractivity contribution >= 4 is 45.0 Å². The second kappa shape index (κ2) is 10.0. The van der Waals surface area contributed by atoms with Gasteiger partial charge in [0.2, 0.25) is 0 Å². The van der Waals surface area contributed by atoms with Crippen LogP contribution in [0, 0.1) is 0 Å². The average Bonchev–Trinajstić information content (AvgIpc) is 3.50. The van der Waals surface area contributed by atoms with Crippen LogP contribution in [0.2, 0.25) is 0 Å². The Hall–Kier alpha value is -3.43. The predicted molar refractivity (Wildman–Crippen MR) is 127 cm³/mol. The quantitative estimate of drug-likeness (QED) is 0.393. The highest BCUT2D eigenvalue weighted by molar-refractivity contribution is 7.92. The van der Waals surface area contributed by atoms with Crippen LogP contribution >= 0.6 is 11.3 Å². The van der Waals surface area contributed by atoms with Gasteiger partial charge in [0.1, 0.15) is 0 Å². The van der Waals surface area contributed by atoms with Crippen molar-refractivity contribution in [1.29, 1.82) is 0 Å². The number of rotatable bonds is 8. The van der Waals surface area contributed by atoms with E-state index in [1.54, 1.807) is 12.1 Å². The molecule has 1 N–H and O–H groups in total. The largest absolute Gasteiger partial charge is 0.452 e. The zero-order chi connectivity index (χ0) is 23.3. The molecule has 170 valence electrons. The molecule has 1 amide bonds. The molecule has 3 aromatic rings. The first-order chi connectivity index (χ1) is 15.9. The fourth-order valence-electron chi connectivity index (χ4n) is 3.43. The van der Waals surface area contributed by atoms with Crippen molar-refractivity contribution in [2.75, 3.05) is 17.5 Å². The molecule has 0 saturated carbocycles. The minimum atomic E-state index is -3.67. The van der Waals surface area contributed by atoms with E-state index in [-0.39, 0.29) is 17.4 Å². The Kier molecular flexibility index (Phi) is 6.90. The van der Waals surface area contributed by atoms with E-state index in [1.807, 2.05) is 41.8 Å². The standard InChI is InChI=1S/C24H22N2O5S2/c27-23(25-16-20-5-3-15-32-20)17-31-24(28)12-9-18-7-10-21(11-8-18)33(29,30)26-14-13-19-4-1-2-6-22(19)26/h1-12,15H,13-14,16-17H2,(H,25,27)/b12-9+. The maximum atomic E-state index is 13.0. The number of fused-ring (bicyclic) bond motifs is 1. The molecule has 2 heterocycles. The molecule has 2 aromatic carbocycles. The minimum absolute atomic E-state index is 0.182. The SMILES string of the molecule is O=C(COC(=O)/C=C/c1ccc(S(=O)(=O)N2CCc3ccccc32)cc1)NCc1cccs1. The third-order valence-electron chi connectivity index (χ3n) is 5.11. The number of benzene rings is 2. The monoisotopic (exact) mass is 482 g/mol. The van der Waals surface area contributed by atoms with Gasteiger partial charge in [0.05, 0.1) is 17.1 Å². The van der Waals surface area contributed by atoms with E-state index in [4.69, 9.17) is 4.74 Å². The Labute approximate surface area is 196 Å². The van der Waals surface area contributed by atoms with Gasteiger partial charge in [-0.3, -0.25) is 9.10 Å². The van der Waals surface area contributed by atoms with E-state index >= 15 is 0 Å². The van der Waals surface area contributed by atoms with E-state index in [1.165, 1.54) is 39.9 Å². The van der Waals surface area contributed by atoms with Crippen LogP contribution < -0.4 is 9.62 Å². The van der Waals surface area contributed by atoms with Crippen molar-refractivity contribution in [2.45, 2.75) is 17.9 Å². The van der Waals surface area contributed by atoms with Crippen LogP contribution in [-0.4, -0.2) is 33.4 Å². The molecule has 0 atom stereocenters. The number of carbonyl (C=O) groups is 2. The summed E-state index contributed by atoms with van der Waals surface area (Å²) in [6.45, 7) is 0.432. The van der Waals surface area contributed by atoms with Crippen LogP contribution in [0.25, 0.3) is 6.08 Å². The number of nitrogens with one attached hydrogen (secondary N) is 1. The molecule has 0 saturated heterocycles. The predicted octanol–water partition coefficient (Wildman–Crippen LogP) is 3.37. The molecule has 1 aliphatic rings. The van der Waals surface area contributed by atoms with Crippen molar-refractivity contribution < 1.29 is 22.7 Å². The molecule has 0 spiro atoms. The van der Waals surface area contributed by atoms with E-state index in [2.05, 4.69) is 5.32 Å². The lowest BCUT2D eigenvalue weighted by Gasteiger charge is -2.19. The van der Waals surface area contributed by atoms with E-state index < -0.39 is 16.0 Å². The number of anilines is 1. The Morgan fingerprint density at radius 2 is 1.85 bits per heavy atom. The highest BCUT2D eigenvalue weighted by Gasteiger charge is 2.30. The molecular formula is C24H22N2O5S2. The maximum absolute atomic E-state index is 13.0. The summed E-state index contributed by atoms with van der Waals surface area (Å²) in [5, 5.41) is 4.59. The molecule has 33 heavy (non-hydrogen) atoms. The number of hydrogen-bond acceptors (Lipinski definition) is 6. The summed E-state index contributed by atoms with van der Waals surface area (Å²) in [7, 11) is -3.67. The van der Waals surface area contributed by atoms with E-state index in [9.17, 15) is 18.0 Å². The molecular weight excluding hydrogens is 460 g/mol. The van der Waals surface area contributed by atoms with Crippen LogP contribution in [-0.2, 0) is 37.3 Å². The Bertz CT molecular complexity index is 1270. The highest BCUT2D eigenvalue weighted by Crippen LogP contribution is 2.32. The smallest absolute Gasteiger partial charge is 0.331 e. The van der Waals surface area contributed by atoms with Crippen molar-refractivity contribution in [3.05, 3.63) is 88.1 Å². The van der Waals surface area contributed by atoms with E-state index in [0.29, 0.717) is 30.8 Å². The van der Waals surface area contributed by atoms with Crippen LogP contribution in [0.15, 0.2) is 77.0 Å². The second-order valence-electron chi connectivity index (χ2n) is 7.32. The van der Waals surface area contributed by atoms with Gasteiger partial charge in [-0.2, -0.15) is 0 Å². The van der Waals surface area contributed by atoms with Gasteiger partial charge in [-0.25, -0.2) is 13.2 Å². The topological polar surface area (TPSA) is 92.8 Å². The summed E-state index contributed by atoms with van der Waals surface area (Å²) in [5.41, 5.74) is 2.36. The zero-order valence-corrected chi connectivity index (χ0v) is 19.3. The summed E-state index contributed by atoms with van der Waals surface area (Å²) >= 11 is 1.53. The van der Waals surface area contributed by atoms with Crippen molar-refractivity contribution in [3.63, 3.8) is 0 Å². The lowest BCUT2D eigenvalue weighted by Crippen LogP contribution is -2.29. The first kappa shape index (κ1) is 22.8. The van der Waals surface area contributed by atoms with Crippen molar-refractivity contribution in [3.8, 4) is 0 Å². The molecule has 0 fully saturated rings. The molecule has 0 bridgehead atoms. The number of ether oxygens (including phenoxy) is 1. The number of nitrogens with zero attached hydrogens (tertiary/aromatic N) is 1. The average molecular weight is 483 g/mol. The van der Waals surface area contributed by atoms with Crippen LogP contribution in [0.3, 0.4) is 0 Å². The Balaban J connectivity index is 1.31. The summed E-state index contributed by atoms with van der Waals surface area (Å²) in [5.74, 6) is -1.05. The summed E-state index contributed by atoms with van der Waals surface area (Å²) in [6, 6.07) is 17.5. The number of esters is 1. The fraction of sp³-hybridized carbons (Fsp3) is 0.167. The Morgan fingerprint density at radius 1 is 1.06 bits per heavy atom. The van der Waals surface area contributed by atoms with E-state index in [0.717, 1.165) is 10.4 Å².